The Balaban J connectivity index is 2.35. The Morgan fingerprint density at radius 3 is 2.40 bits per heavy atom. The second kappa shape index (κ2) is 6.66. The lowest BCUT2D eigenvalue weighted by Crippen LogP contribution is -2.09. The summed E-state index contributed by atoms with van der Waals surface area (Å²) in [5.74, 6) is 1.78. The van der Waals surface area contributed by atoms with Crippen molar-refractivity contribution in [1.29, 1.82) is 0 Å². The summed E-state index contributed by atoms with van der Waals surface area (Å²) >= 11 is 0. The number of rotatable bonds is 3. The van der Waals surface area contributed by atoms with Crippen LogP contribution in [-0.2, 0) is 0 Å². The van der Waals surface area contributed by atoms with E-state index in [2.05, 4.69) is 51.2 Å². The third kappa shape index (κ3) is 5.01. The van der Waals surface area contributed by atoms with Crippen LogP contribution in [-0.4, -0.2) is 0 Å². The van der Waals surface area contributed by atoms with Crippen LogP contribution in [0.25, 0.3) is 0 Å². The molecule has 0 amide bonds. The molecule has 1 aliphatic carbocycles. The van der Waals surface area contributed by atoms with Crippen LogP contribution in [0.1, 0.15) is 46.5 Å². The van der Waals surface area contributed by atoms with Gasteiger partial charge in [-0.2, -0.15) is 0 Å². The third-order valence-electron chi connectivity index (χ3n) is 3.23. The number of hydrogen-bond donors (Lipinski definition) is 0. The molecule has 84 valence electrons. The van der Waals surface area contributed by atoms with Crippen molar-refractivity contribution < 1.29 is 0 Å². The molecule has 0 heteroatoms. The van der Waals surface area contributed by atoms with Crippen LogP contribution in [0.5, 0.6) is 0 Å². The minimum atomic E-state index is 0.829. The molecule has 0 bridgehead atoms. The molecule has 1 rings (SSSR count). The Bertz CT molecular complexity index is 247. The lowest BCUT2D eigenvalue weighted by atomic mass is 9.83. The molecule has 15 heavy (non-hydrogen) atoms. The lowest BCUT2D eigenvalue weighted by molar-refractivity contribution is 0.330. The van der Waals surface area contributed by atoms with E-state index >= 15 is 0 Å². The highest BCUT2D eigenvalue weighted by atomic mass is 14.2. The second-order valence-corrected chi connectivity index (χ2v) is 4.82. The SMILES string of the molecule is C\C=C/C(C)=C\C=C\C1CCC(C)CC1. The average Bonchev–Trinajstić information content (AvgIpc) is 2.21. The Morgan fingerprint density at radius 1 is 1.13 bits per heavy atom. The molecule has 0 aromatic heterocycles. The van der Waals surface area contributed by atoms with Crippen LogP contribution in [0, 0.1) is 11.8 Å². The summed E-state index contributed by atoms with van der Waals surface area (Å²) in [6.07, 6.45) is 16.6. The first-order valence-corrected chi connectivity index (χ1v) is 6.20. The van der Waals surface area contributed by atoms with E-state index in [0.717, 1.165) is 11.8 Å². The van der Waals surface area contributed by atoms with Gasteiger partial charge in [0.05, 0.1) is 0 Å². The van der Waals surface area contributed by atoms with Gasteiger partial charge in [-0.25, -0.2) is 0 Å². The lowest BCUT2D eigenvalue weighted by Gasteiger charge is -2.23. The van der Waals surface area contributed by atoms with E-state index in [1.165, 1.54) is 31.3 Å². The standard InChI is InChI=1S/C15H24/c1-4-6-13(2)7-5-8-15-11-9-14(3)10-12-15/h4-8,14-15H,9-12H2,1-3H3/b6-4-,8-5+,13-7-. The molecular formula is C15H24. The van der Waals surface area contributed by atoms with Gasteiger partial charge in [0, 0.05) is 0 Å². The molecule has 0 aromatic carbocycles. The zero-order valence-electron chi connectivity index (χ0n) is 10.4. The summed E-state index contributed by atoms with van der Waals surface area (Å²) < 4.78 is 0. The highest BCUT2D eigenvalue weighted by molar-refractivity contribution is 5.21. The minimum Gasteiger partial charge on any atom is -0.0874 e. The van der Waals surface area contributed by atoms with Gasteiger partial charge in [-0.1, -0.05) is 55.7 Å². The first-order chi connectivity index (χ1) is 7.22. The maximum Gasteiger partial charge on any atom is -0.0230 e. The highest BCUT2D eigenvalue weighted by Crippen LogP contribution is 2.28. The van der Waals surface area contributed by atoms with Crippen molar-refractivity contribution >= 4 is 0 Å². The predicted molar refractivity (Wildman–Crippen MR) is 68.8 cm³/mol. The van der Waals surface area contributed by atoms with Gasteiger partial charge in [-0.05, 0) is 38.5 Å². The van der Waals surface area contributed by atoms with E-state index in [0.29, 0.717) is 0 Å². The topological polar surface area (TPSA) is 0 Å². The smallest absolute Gasteiger partial charge is 0.0230 e. The van der Waals surface area contributed by atoms with Crippen molar-refractivity contribution in [3.05, 3.63) is 36.0 Å². The van der Waals surface area contributed by atoms with Crippen molar-refractivity contribution in [3.63, 3.8) is 0 Å². The molecule has 0 heterocycles. The van der Waals surface area contributed by atoms with E-state index < -0.39 is 0 Å². The molecule has 0 atom stereocenters. The zero-order valence-corrected chi connectivity index (χ0v) is 10.4. The Kier molecular flexibility index (Phi) is 5.45. The molecule has 1 saturated carbocycles. The Labute approximate surface area is 94.8 Å². The molecule has 0 aliphatic heterocycles. The van der Waals surface area contributed by atoms with Gasteiger partial charge in [-0.15, -0.1) is 0 Å². The summed E-state index contributed by atoms with van der Waals surface area (Å²) in [7, 11) is 0. The quantitative estimate of drug-likeness (QED) is 0.574. The van der Waals surface area contributed by atoms with Crippen molar-refractivity contribution in [2.24, 2.45) is 11.8 Å². The summed E-state index contributed by atoms with van der Waals surface area (Å²) in [5, 5.41) is 0. The van der Waals surface area contributed by atoms with Gasteiger partial charge in [0.25, 0.3) is 0 Å². The summed E-state index contributed by atoms with van der Waals surface area (Å²) in [6.45, 7) is 6.58. The second-order valence-electron chi connectivity index (χ2n) is 4.82. The highest BCUT2D eigenvalue weighted by Gasteiger charge is 2.15. The van der Waals surface area contributed by atoms with Crippen LogP contribution in [0.15, 0.2) is 36.0 Å². The van der Waals surface area contributed by atoms with Gasteiger partial charge >= 0.3 is 0 Å². The number of allylic oxidation sites excluding steroid dienone is 6. The molecule has 0 saturated heterocycles. The predicted octanol–water partition coefficient (Wildman–Crippen LogP) is 4.89. The Morgan fingerprint density at radius 2 is 1.80 bits per heavy atom. The molecule has 0 radical (unpaired) electrons. The fraction of sp³-hybridized carbons (Fsp3) is 0.600. The van der Waals surface area contributed by atoms with Crippen LogP contribution in [0.2, 0.25) is 0 Å². The molecule has 0 unspecified atom stereocenters. The van der Waals surface area contributed by atoms with Crippen molar-refractivity contribution in [2.75, 3.05) is 0 Å². The average molecular weight is 204 g/mol. The normalized spacial score (nSPS) is 29.1. The first kappa shape index (κ1) is 12.3. The van der Waals surface area contributed by atoms with E-state index in [4.69, 9.17) is 0 Å². The molecule has 1 fully saturated rings. The Hall–Kier alpha value is -0.780. The van der Waals surface area contributed by atoms with Crippen LogP contribution < -0.4 is 0 Å². The van der Waals surface area contributed by atoms with Gasteiger partial charge < -0.3 is 0 Å². The maximum atomic E-state index is 2.39. The first-order valence-electron chi connectivity index (χ1n) is 6.20. The fourth-order valence-corrected chi connectivity index (χ4v) is 2.16. The maximum absolute atomic E-state index is 2.39. The third-order valence-corrected chi connectivity index (χ3v) is 3.23. The fourth-order valence-electron chi connectivity index (χ4n) is 2.16. The molecule has 0 nitrogen and oxygen atoms in total. The largest absolute Gasteiger partial charge is 0.0874 e. The molecule has 1 aliphatic rings. The van der Waals surface area contributed by atoms with Crippen molar-refractivity contribution in [2.45, 2.75) is 46.5 Å². The van der Waals surface area contributed by atoms with Gasteiger partial charge in [0.2, 0.25) is 0 Å². The summed E-state index contributed by atoms with van der Waals surface area (Å²) in [5.41, 5.74) is 1.33. The van der Waals surface area contributed by atoms with E-state index in [1.807, 2.05) is 0 Å². The number of hydrogen-bond acceptors (Lipinski definition) is 0. The van der Waals surface area contributed by atoms with Gasteiger partial charge in [0.15, 0.2) is 0 Å². The van der Waals surface area contributed by atoms with Crippen LogP contribution in [0.4, 0.5) is 0 Å². The zero-order chi connectivity index (χ0) is 11.1. The summed E-state index contributed by atoms with van der Waals surface area (Å²) in [6, 6.07) is 0. The summed E-state index contributed by atoms with van der Waals surface area (Å²) in [4.78, 5) is 0. The molecular weight excluding hydrogens is 180 g/mol. The monoisotopic (exact) mass is 204 g/mol. The van der Waals surface area contributed by atoms with Crippen molar-refractivity contribution in [1.82, 2.24) is 0 Å². The van der Waals surface area contributed by atoms with Gasteiger partial charge in [0.1, 0.15) is 0 Å². The van der Waals surface area contributed by atoms with Gasteiger partial charge in [-0.3, -0.25) is 0 Å². The molecule has 0 N–H and O–H groups in total. The minimum absolute atomic E-state index is 0.829. The van der Waals surface area contributed by atoms with Crippen LogP contribution >= 0.6 is 0 Å². The molecule has 0 spiro atoms. The van der Waals surface area contributed by atoms with Crippen molar-refractivity contribution in [3.8, 4) is 0 Å². The van der Waals surface area contributed by atoms with E-state index in [1.54, 1.807) is 0 Å². The van der Waals surface area contributed by atoms with E-state index in [9.17, 15) is 0 Å². The van der Waals surface area contributed by atoms with E-state index in [-0.39, 0.29) is 0 Å². The molecule has 0 aromatic rings. The van der Waals surface area contributed by atoms with Crippen LogP contribution in [0.3, 0.4) is 0 Å².